The van der Waals surface area contributed by atoms with E-state index in [-0.39, 0.29) is 36.2 Å². The van der Waals surface area contributed by atoms with Gasteiger partial charge in [0.1, 0.15) is 5.82 Å². The van der Waals surface area contributed by atoms with Gasteiger partial charge in [-0.25, -0.2) is 15.0 Å². The number of likely N-dealkylation sites (tertiary alicyclic amines) is 1. The van der Waals surface area contributed by atoms with Gasteiger partial charge in [0.05, 0.1) is 24.9 Å². The van der Waals surface area contributed by atoms with Crippen molar-refractivity contribution < 1.29 is 9.53 Å². The molecule has 1 amide bonds. The monoisotopic (exact) mass is 503 g/mol. The molecule has 5 heterocycles. The molecule has 0 aromatic carbocycles. The molecule has 35 heavy (non-hydrogen) atoms. The lowest BCUT2D eigenvalue weighted by atomic mass is 10.0. The third-order valence-electron chi connectivity index (χ3n) is 7.01. The molecule has 2 aromatic rings. The van der Waals surface area contributed by atoms with E-state index in [2.05, 4.69) is 19.8 Å². The largest absolute Gasteiger partial charge is 0.378 e. The Balaban J connectivity index is 0.00000289. The highest BCUT2D eigenvalue weighted by Crippen LogP contribution is 2.37. The van der Waals surface area contributed by atoms with E-state index in [1.165, 1.54) is 0 Å². The maximum absolute atomic E-state index is 12.8. The number of hydrogen-bond donors (Lipinski definition) is 2. The Labute approximate surface area is 211 Å². The highest BCUT2D eigenvalue weighted by molar-refractivity contribution is 5.85. The molecule has 0 unspecified atom stereocenters. The first-order valence-electron chi connectivity index (χ1n) is 12.0. The second-order valence-electron chi connectivity index (χ2n) is 9.54. The number of nitrogens with zero attached hydrogens (tertiary/aromatic N) is 7. The average molecular weight is 504 g/mol. The number of amides is 1. The fraction of sp³-hybridized carbons (Fsp3) is 0.609. The van der Waals surface area contributed by atoms with Gasteiger partial charge in [0.15, 0.2) is 0 Å². The first-order valence-corrected chi connectivity index (χ1v) is 12.0. The van der Waals surface area contributed by atoms with Crippen molar-refractivity contribution >= 4 is 36.0 Å². The average Bonchev–Trinajstić information content (AvgIpc) is 3.51. The van der Waals surface area contributed by atoms with Crippen molar-refractivity contribution in [3.63, 3.8) is 0 Å². The number of fused-ring (bicyclic) bond motifs is 1. The summed E-state index contributed by atoms with van der Waals surface area (Å²) in [5, 5.41) is 0. The minimum absolute atomic E-state index is 0. The molecule has 0 aliphatic carbocycles. The van der Waals surface area contributed by atoms with E-state index >= 15 is 0 Å². The number of rotatable bonds is 5. The first-order chi connectivity index (χ1) is 16.4. The Morgan fingerprint density at radius 1 is 1.11 bits per heavy atom. The van der Waals surface area contributed by atoms with Gasteiger partial charge in [-0.3, -0.25) is 4.79 Å². The summed E-state index contributed by atoms with van der Waals surface area (Å²) in [7, 11) is 0. The summed E-state index contributed by atoms with van der Waals surface area (Å²) in [5.41, 5.74) is 14.6. The number of anilines is 3. The van der Waals surface area contributed by atoms with Gasteiger partial charge in [-0.2, -0.15) is 4.98 Å². The van der Waals surface area contributed by atoms with Crippen LogP contribution in [0.1, 0.15) is 25.8 Å². The number of halogens is 1. The van der Waals surface area contributed by atoms with E-state index in [0.717, 1.165) is 61.7 Å². The van der Waals surface area contributed by atoms with Crippen LogP contribution in [0, 0.1) is 5.92 Å². The summed E-state index contributed by atoms with van der Waals surface area (Å²) in [4.78, 5) is 37.6. The van der Waals surface area contributed by atoms with Crippen molar-refractivity contribution in [2.24, 2.45) is 11.7 Å². The highest BCUT2D eigenvalue weighted by Gasteiger charge is 2.38. The van der Waals surface area contributed by atoms with Crippen LogP contribution in [0.4, 0.5) is 17.7 Å². The van der Waals surface area contributed by atoms with Crippen molar-refractivity contribution in [2.75, 3.05) is 61.5 Å². The number of morpholine rings is 1. The molecule has 4 N–H and O–H groups in total. The lowest BCUT2D eigenvalue weighted by Crippen LogP contribution is -2.47. The summed E-state index contributed by atoms with van der Waals surface area (Å²) >= 11 is 0. The molecule has 2 aromatic heterocycles. The molecule has 190 valence electrons. The van der Waals surface area contributed by atoms with Crippen LogP contribution in [0.2, 0.25) is 0 Å². The number of ether oxygens (including phenoxy) is 1. The van der Waals surface area contributed by atoms with E-state index in [1.807, 2.05) is 18.7 Å². The maximum Gasteiger partial charge on any atom is 0.239 e. The van der Waals surface area contributed by atoms with E-state index in [0.29, 0.717) is 25.7 Å². The third kappa shape index (κ3) is 4.98. The second-order valence-corrected chi connectivity index (χ2v) is 9.54. The number of aromatic nitrogens is 4. The van der Waals surface area contributed by atoms with Gasteiger partial charge < -0.3 is 30.9 Å². The van der Waals surface area contributed by atoms with Gasteiger partial charge in [-0.05, 0) is 18.8 Å². The van der Waals surface area contributed by atoms with E-state index in [4.69, 9.17) is 26.2 Å². The quantitative estimate of drug-likeness (QED) is 0.599. The second kappa shape index (κ2) is 10.5. The smallest absolute Gasteiger partial charge is 0.239 e. The predicted molar refractivity (Wildman–Crippen MR) is 137 cm³/mol. The van der Waals surface area contributed by atoms with E-state index < -0.39 is 6.04 Å². The zero-order valence-electron chi connectivity index (χ0n) is 20.3. The summed E-state index contributed by atoms with van der Waals surface area (Å²) in [5.74, 6) is 2.02. The normalized spacial score (nSPS) is 20.7. The standard InChI is InChI=1S/C23H33N9O2.ClH/c1-14(2)18(24)21(33)31-5-3-16(13-31)32-6-4-17-19(15-11-26-22(25)27-12-15)28-23(29-20(17)32)30-7-9-34-10-8-30;/h11-12,14,16,18H,3-10,13,24H2,1-2H3,(H2,25,26,27);1H/t16-,18-;/m1./s1. The molecule has 11 nitrogen and oxygen atoms in total. The Bertz CT molecular complexity index is 1050. The summed E-state index contributed by atoms with van der Waals surface area (Å²) in [6.07, 6.45) is 5.17. The van der Waals surface area contributed by atoms with Crippen LogP contribution >= 0.6 is 12.4 Å². The summed E-state index contributed by atoms with van der Waals surface area (Å²) in [6.45, 7) is 8.98. The van der Waals surface area contributed by atoms with Gasteiger partial charge in [0, 0.05) is 62.3 Å². The molecule has 0 saturated carbocycles. The summed E-state index contributed by atoms with van der Waals surface area (Å²) in [6, 6.07) is -0.260. The Morgan fingerprint density at radius 3 is 2.51 bits per heavy atom. The molecule has 3 aliphatic heterocycles. The number of carbonyl (C=O) groups excluding carboxylic acids is 1. The molecular formula is C23H34ClN9O2. The molecule has 0 spiro atoms. The van der Waals surface area contributed by atoms with Gasteiger partial charge in [-0.15, -0.1) is 12.4 Å². The van der Waals surface area contributed by atoms with Crippen LogP contribution < -0.4 is 21.3 Å². The van der Waals surface area contributed by atoms with Crippen LogP contribution in [0.25, 0.3) is 11.3 Å². The Morgan fingerprint density at radius 2 is 1.83 bits per heavy atom. The number of nitrogen functional groups attached to an aromatic ring is 1. The van der Waals surface area contributed by atoms with Gasteiger partial charge >= 0.3 is 0 Å². The zero-order valence-corrected chi connectivity index (χ0v) is 21.1. The molecular weight excluding hydrogens is 470 g/mol. The van der Waals surface area contributed by atoms with Crippen molar-refractivity contribution in [3.8, 4) is 11.3 Å². The fourth-order valence-corrected chi connectivity index (χ4v) is 4.92. The Hall–Kier alpha value is -2.76. The number of nitrogens with two attached hydrogens (primary N) is 2. The molecule has 0 bridgehead atoms. The molecule has 0 radical (unpaired) electrons. The molecule has 2 saturated heterocycles. The van der Waals surface area contributed by atoms with Crippen LogP contribution in [-0.2, 0) is 16.0 Å². The first kappa shape index (κ1) is 25.3. The predicted octanol–water partition coefficient (Wildman–Crippen LogP) is 0.721. The lowest BCUT2D eigenvalue weighted by Gasteiger charge is -2.30. The van der Waals surface area contributed by atoms with Crippen molar-refractivity contribution in [3.05, 3.63) is 18.0 Å². The van der Waals surface area contributed by atoms with Crippen molar-refractivity contribution in [2.45, 2.75) is 38.8 Å². The minimum Gasteiger partial charge on any atom is -0.378 e. The number of carbonyl (C=O) groups is 1. The molecule has 2 fully saturated rings. The van der Waals surface area contributed by atoms with Gasteiger partial charge in [-0.1, -0.05) is 13.8 Å². The summed E-state index contributed by atoms with van der Waals surface area (Å²) < 4.78 is 5.53. The van der Waals surface area contributed by atoms with Crippen LogP contribution in [0.15, 0.2) is 12.4 Å². The minimum atomic E-state index is -0.461. The molecule has 12 heteroatoms. The Kier molecular flexibility index (Phi) is 7.58. The van der Waals surface area contributed by atoms with Crippen LogP contribution in [0.5, 0.6) is 0 Å². The fourth-order valence-electron chi connectivity index (χ4n) is 4.92. The van der Waals surface area contributed by atoms with Crippen LogP contribution in [-0.4, -0.2) is 88.8 Å². The topological polar surface area (TPSA) is 140 Å². The zero-order chi connectivity index (χ0) is 23.8. The van der Waals surface area contributed by atoms with E-state index in [9.17, 15) is 4.79 Å². The number of hydrogen-bond acceptors (Lipinski definition) is 10. The van der Waals surface area contributed by atoms with Gasteiger partial charge in [0.2, 0.25) is 17.8 Å². The van der Waals surface area contributed by atoms with Gasteiger partial charge in [0.25, 0.3) is 0 Å². The van der Waals surface area contributed by atoms with Crippen molar-refractivity contribution in [1.82, 2.24) is 24.8 Å². The lowest BCUT2D eigenvalue weighted by molar-refractivity contribution is -0.132. The van der Waals surface area contributed by atoms with Crippen molar-refractivity contribution in [1.29, 1.82) is 0 Å². The maximum atomic E-state index is 12.8. The molecule has 3 aliphatic rings. The van der Waals surface area contributed by atoms with E-state index in [1.54, 1.807) is 12.4 Å². The molecule has 2 atom stereocenters. The SMILES string of the molecule is CC(C)[C@@H](N)C(=O)N1CC[C@@H](N2CCc3c(-c4cnc(N)nc4)nc(N4CCOCC4)nc32)C1.Cl. The van der Waals surface area contributed by atoms with Crippen LogP contribution in [0.3, 0.4) is 0 Å². The highest BCUT2D eigenvalue weighted by atomic mass is 35.5. The molecule has 5 rings (SSSR count). The third-order valence-corrected chi connectivity index (χ3v) is 7.01.